The van der Waals surface area contributed by atoms with Crippen LogP contribution in [-0.2, 0) is 37.5 Å². The first kappa shape index (κ1) is 38.4. The zero-order valence-electron chi connectivity index (χ0n) is 25.8. The highest BCUT2D eigenvalue weighted by molar-refractivity contribution is 7.86. The molecule has 0 saturated heterocycles. The van der Waals surface area contributed by atoms with Crippen LogP contribution in [-0.4, -0.2) is 60.6 Å². The zero-order valence-corrected chi connectivity index (χ0v) is 26.6. The van der Waals surface area contributed by atoms with Gasteiger partial charge in [-0.05, 0) is 73.4 Å². The molecule has 2 amide bonds. The number of ether oxygens (including phenoxy) is 2. The highest BCUT2D eigenvalue weighted by atomic mass is 32.2. The normalized spacial score (nSPS) is 17.2. The minimum atomic E-state index is -6.09. The maximum Gasteiger partial charge on any atom is 0.514 e. The number of nitrogens with one attached hydrogen (secondary N) is 2. The maximum atomic E-state index is 13.0. The number of hydrogen-bond acceptors (Lipinski definition) is 9. The van der Waals surface area contributed by atoms with Crippen molar-refractivity contribution >= 4 is 28.1 Å². The van der Waals surface area contributed by atoms with Gasteiger partial charge >= 0.3 is 11.7 Å². The third-order valence-electron chi connectivity index (χ3n) is 7.23. The molecule has 0 spiro atoms. The maximum absolute atomic E-state index is 13.0. The van der Waals surface area contributed by atoms with Crippen LogP contribution < -0.4 is 21.1 Å². The molecule has 256 valence electrons. The SMILES string of the molecule is CC(C)CCNC(=O)[C@H](Cc1ccc(OC(=O)OCc2ccncc2)cc1)NC(=O)C1CCC(C[NH3+])CC1.O=S(=O)([O-])C(F)(F)F. The molecule has 3 rings (SSSR count). The van der Waals surface area contributed by atoms with Gasteiger partial charge in [0, 0.05) is 37.2 Å². The third kappa shape index (κ3) is 14.1. The van der Waals surface area contributed by atoms with Crippen molar-refractivity contribution in [2.24, 2.45) is 17.8 Å². The monoisotopic (exact) mass is 674 g/mol. The number of quaternary nitrogens is 1. The average Bonchev–Trinajstić information content (AvgIpc) is 3.00. The highest BCUT2D eigenvalue weighted by Gasteiger charge is 2.37. The molecule has 5 N–H and O–H groups in total. The van der Waals surface area contributed by atoms with E-state index in [0.29, 0.717) is 30.6 Å². The van der Waals surface area contributed by atoms with Gasteiger partial charge in [0.2, 0.25) is 11.8 Å². The van der Waals surface area contributed by atoms with E-state index in [1.165, 1.54) is 0 Å². The fourth-order valence-corrected chi connectivity index (χ4v) is 4.50. The summed E-state index contributed by atoms with van der Waals surface area (Å²) in [4.78, 5) is 42.0. The lowest BCUT2D eigenvalue weighted by Gasteiger charge is -2.27. The van der Waals surface area contributed by atoms with Crippen molar-refractivity contribution in [1.29, 1.82) is 0 Å². The number of alkyl halides is 3. The summed E-state index contributed by atoms with van der Waals surface area (Å²) < 4.78 is 69.3. The van der Waals surface area contributed by atoms with Crippen molar-refractivity contribution in [2.75, 3.05) is 13.1 Å². The number of aromatic nitrogens is 1. The molecule has 1 aliphatic carbocycles. The Kier molecular flexibility index (Phi) is 15.4. The lowest BCUT2D eigenvalue weighted by Crippen LogP contribution is -2.54. The van der Waals surface area contributed by atoms with E-state index in [-0.39, 0.29) is 24.3 Å². The predicted molar refractivity (Wildman–Crippen MR) is 159 cm³/mol. The van der Waals surface area contributed by atoms with Gasteiger partial charge in [-0.15, -0.1) is 0 Å². The van der Waals surface area contributed by atoms with E-state index in [1.54, 1.807) is 48.8 Å². The molecular formula is C30H41F3N4O8S. The lowest BCUT2D eigenvalue weighted by molar-refractivity contribution is -0.380. The Bertz CT molecular complexity index is 1350. The molecule has 1 heterocycles. The first-order chi connectivity index (χ1) is 21.6. The Morgan fingerprint density at radius 3 is 2.13 bits per heavy atom. The number of pyridine rings is 1. The molecule has 12 nitrogen and oxygen atoms in total. The zero-order chi connectivity index (χ0) is 34.3. The number of halogens is 3. The molecular weight excluding hydrogens is 633 g/mol. The summed E-state index contributed by atoms with van der Waals surface area (Å²) in [6.45, 7) is 5.76. The molecule has 1 aliphatic rings. The fraction of sp³-hybridized carbons (Fsp3) is 0.533. The van der Waals surface area contributed by atoms with Crippen LogP contribution in [0.2, 0.25) is 0 Å². The van der Waals surface area contributed by atoms with E-state index in [0.717, 1.165) is 49.8 Å². The second-order valence-electron chi connectivity index (χ2n) is 11.3. The van der Waals surface area contributed by atoms with E-state index in [2.05, 4.69) is 35.2 Å². The summed E-state index contributed by atoms with van der Waals surface area (Å²) >= 11 is 0. The average molecular weight is 675 g/mol. The first-order valence-electron chi connectivity index (χ1n) is 14.8. The van der Waals surface area contributed by atoms with Crippen LogP contribution >= 0.6 is 0 Å². The number of hydrogen-bond donors (Lipinski definition) is 3. The Morgan fingerprint density at radius 2 is 1.61 bits per heavy atom. The predicted octanol–water partition coefficient (Wildman–Crippen LogP) is 3.09. The van der Waals surface area contributed by atoms with Crippen LogP contribution in [0.1, 0.15) is 57.1 Å². The number of benzene rings is 1. The highest BCUT2D eigenvalue weighted by Crippen LogP contribution is 2.28. The number of nitrogens with zero attached hydrogens (tertiary/aromatic N) is 1. The molecule has 0 unspecified atom stereocenters. The topological polar surface area (TPSA) is 191 Å². The van der Waals surface area contributed by atoms with Crippen molar-refractivity contribution in [3.8, 4) is 5.75 Å². The van der Waals surface area contributed by atoms with E-state index in [1.807, 2.05) is 0 Å². The summed E-state index contributed by atoms with van der Waals surface area (Å²) in [5.74, 6) is 1.06. The number of rotatable bonds is 12. The van der Waals surface area contributed by atoms with Crippen molar-refractivity contribution < 1.29 is 55.7 Å². The molecule has 2 aromatic rings. The molecule has 1 saturated carbocycles. The summed E-state index contributed by atoms with van der Waals surface area (Å²) in [5.41, 5.74) is -0.00565. The molecule has 0 radical (unpaired) electrons. The minimum Gasteiger partial charge on any atom is -0.741 e. The van der Waals surface area contributed by atoms with Gasteiger partial charge in [-0.2, -0.15) is 13.2 Å². The number of amides is 2. The molecule has 16 heteroatoms. The fourth-order valence-electron chi connectivity index (χ4n) is 4.50. The number of carbonyl (C=O) groups excluding carboxylic acids is 3. The van der Waals surface area contributed by atoms with Crippen molar-refractivity contribution in [1.82, 2.24) is 15.6 Å². The van der Waals surface area contributed by atoms with Crippen molar-refractivity contribution in [3.63, 3.8) is 0 Å². The van der Waals surface area contributed by atoms with Gasteiger partial charge < -0.3 is 30.4 Å². The first-order valence-corrected chi connectivity index (χ1v) is 16.2. The van der Waals surface area contributed by atoms with Crippen LogP contribution in [0.4, 0.5) is 18.0 Å². The molecule has 1 aromatic heterocycles. The number of carbonyl (C=O) groups is 3. The summed E-state index contributed by atoms with van der Waals surface area (Å²) in [5, 5.41) is 5.98. The Labute approximate surface area is 266 Å². The van der Waals surface area contributed by atoms with E-state index < -0.39 is 27.8 Å². The smallest absolute Gasteiger partial charge is 0.514 e. The van der Waals surface area contributed by atoms with E-state index in [9.17, 15) is 27.6 Å². The van der Waals surface area contributed by atoms with Gasteiger partial charge in [0.1, 0.15) is 18.4 Å². The lowest BCUT2D eigenvalue weighted by atomic mass is 9.81. The van der Waals surface area contributed by atoms with Crippen molar-refractivity contribution in [3.05, 3.63) is 59.9 Å². The van der Waals surface area contributed by atoms with Crippen LogP contribution in [0.15, 0.2) is 48.8 Å². The third-order valence-corrected chi connectivity index (χ3v) is 7.80. The van der Waals surface area contributed by atoms with Crippen LogP contribution in [0, 0.1) is 17.8 Å². The van der Waals surface area contributed by atoms with Gasteiger partial charge in [-0.3, -0.25) is 14.6 Å². The standard InChI is InChI=1S/C29H40N4O5.CHF3O3S/c1-20(2)11-16-32-28(35)26(33-27(34)24-7-3-22(18-30)4-8-24)17-21-5-9-25(10-6-21)38-29(36)37-19-23-12-14-31-15-13-23;2-1(3,4)8(5,6)7/h5-6,9-10,12-15,20,22,24,26H,3-4,7-8,11,16-19,30H2,1-2H3,(H,32,35)(H,33,34);(H,5,6,7)/t22?,24?,26-;/m0./s1. The minimum absolute atomic E-state index is 0.0616. The quantitative estimate of drug-likeness (QED) is 0.131. The summed E-state index contributed by atoms with van der Waals surface area (Å²) in [6.07, 6.45) is 7.30. The van der Waals surface area contributed by atoms with Gasteiger partial charge in [0.15, 0.2) is 10.1 Å². The van der Waals surface area contributed by atoms with Crippen LogP contribution in [0.25, 0.3) is 0 Å². The van der Waals surface area contributed by atoms with Gasteiger partial charge in [-0.1, -0.05) is 26.0 Å². The van der Waals surface area contributed by atoms with Gasteiger partial charge in [0.25, 0.3) is 0 Å². The van der Waals surface area contributed by atoms with Gasteiger partial charge in [-0.25, -0.2) is 13.2 Å². The van der Waals surface area contributed by atoms with Crippen LogP contribution in [0.5, 0.6) is 5.75 Å². The largest absolute Gasteiger partial charge is 0.741 e. The Hall–Kier alpha value is -3.76. The second kappa shape index (κ2) is 18.4. The Balaban J connectivity index is 0.000000812. The molecule has 46 heavy (non-hydrogen) atoms. The van der Waals surface area contributed by atoms with E-state index in [4.69, 9.17) is 22.4 Å². The van der Waals surface area contributed by atoms with Gasteiger partial charge in [0.05, 0.1) is 6.54 Å². The Morgan fingerprint density at radius 1 is 1.02 bits per heavy atom. The molecule has 1 fully saturated rings. The van der Waals surface area contributed by atoms with Crippen LogP contribution in [0.3, 0.4) is 0 Å². The van der Waals surface area contributed by atoms with Crippen molar-refractivity contribution in [2.45, 2.75) is 70.5 Å². The molecule has 0 aliphatic heterocycles. The molecule has 0 bridgehead atoms. The summed E-state index contributed by atoms with van der Waals surface area (Å²) in [6, 6.07) is 9.69. The summed E-state index contributed by atoms with van der Waals surface area (Å²) in [7, 11) is -6.09. The second-order valence-corrected chi connectivity index (χ2v) is 12.7. The van der Waals surface area contributed by atoms with E-state index >= 15 is 0 Å². The molecule has 1 aromatic carbocycles. The molecule has 1 atom stereocenters.